The Bertz CT molecular complexity index is 557. The topological polar surface area (TPSA) is 84.7 Å². The number of nitrogens with two attached hydrogens (primary N) is 1. The maximum atomic E-state index is 11.9. The molecule has 0 aliphatic carbocycles. The minimum absolute atomic E-state index is 0.0212. The third kappa shape index (κ3) is 3.45. The van der Waals surface area contributed by atoms with Gasteiger partial charge in [-0.25, -0.2) is 0 Å². The number of hydrogen-bond donors (Lipinski definition) is 2. The molecule has 2 amide bonds. The zero-order chi connectivity index (χ0) is 15.6. The van der Waals surface area contributed by atoms with Crippen molar-refractivity contribution in [2.75, 3.05) is 17.2 Å². The van der Waals surface area contributed by atoms with Crippen LogP contribution < -0.4 is 20.7 Å². The van der Waals surface area contributed by atoms with Crippen LogP contribution in [-0.2, 0) is 9.59 Å². The summed E-state index contributed by atoms with van der Waals surface area (Å²) in [6, 6.07) is 4.92. The normalized spacial score (nSPS) is 18.9. The minimum Gasteiger partial charge on any atom is -0.491 e. The van der Waals surface area contributed by atoms with E-state index in [4.69, 9.17) is 10.5 Å². The molecule has 1 heterocycles. The maximum Gasteiger partial charge on any atom is 0.249 e. The Morgan fingerprint density at radius 3 is 2.71 bits per heavy atom. The van der Waals surface area contributed by atoms with E-state index < -0.39 is 0 Å². The van der Waals surface area contributed by atoms with Crippen LogP contribution in [0.3, 0.4) is 0 Å². The lowest BCUT2D eigenvalue weighted by Crippen LogP contribution is -2.58. The molecule has 1 aliphatic heterocycles. The minimum atomic E-state index is -0.378. The summed E-state index contributed by atoms with van der Waals surface area (Å²) in [4.78, 5) is 25.3. The lowest BCUT2D eigenvalue weighted by atomic mass is 10.1. The number of anilines is 2. The number of hydrogen-bond acceptors (Lipinski definition) is 5. The average molecular weight is 291 g/mol. The predicted molar refractivity (Wildman–Crippen MR) is 81.2 cm³/mol. The third-order valence-electron chi connectivity index (χ3n) is 3.26. The number of carbonyl (C=O) groups is 2. The molecule has 21 heavy (non-hydrogen) atoms. The summed E-state index contributed by atoms with van der Waals surface area (Å²) in [5.74, 6) is 0.0502. The van der Waals surface area contributed by atoms with Gasteiger partial charge in [0.15, 0.2) is 0 Å². The smallest absolute Gasteiger partial charge is 0.249 e. The van der Waals surface area contributed by atoms with E-state index in [2.05, 4.69) is 5.32 Å². The molecule has 1 aliphatic rings. The summed E-state index contributed by atoms with van der Waals surface area (Å²) < 4.78 is 5.66. The van der Waals surface area contributed by atoms with E-state index in [0.29, 0.717) is 17.9 Å². The van der Waals surface area contributed by atoms with Gasteiger partial charge in [-0.05, 0) is 26.3 Å². The third-order valence-corrected chi connectivity index (χ3v) is 3.26. The first-order valence-corrected chi connectivity index (χ1v) is 7.08. The Morgan fingerprint density at radius 1 is 1.38 bits per heavy atom. The number of nitrogen functional groups attached to an aromatic ring is 1. The van der Waals surface area contributed by atoms with Crippen molar-refractivity contribution in [1.29, 1.82) is 0 Å². The summed E-state index contributed by atoms with van der Waals surface area (Å²) >= 11 is 0. The van der Waals surface area contributed by atoms with E-state index in [9.17, 15) is 9.59 Å². The summed E-state index contributed by atoms with van der Waals surface area (Å²) in [5.41, 5.74) is 7.17. The average Bonchev–Trinajstić information content (AvgIpc) is 2.36. The van der Waals surface area contributed by atoms with Crippen LogP contribution in [0.15, 0.2) is 18.2 Å². The summed E-state index contributed by atoms with van der Waals surface area (Å²) in [6.07, 6.45) is 0.627. The Hall–Kier alpha value is -2.24. The molecule has 2 rings (SSSR count). The van der Waals surface area contributed by atoms with Crippen molar-refractivity contribution in [2.45, 2.75) is 39.3 Å². The highest BCUT2D eigenvalue weighted by atomic mass is 16.5. The second-order valence-corrected chi connectivity index (χ2v) is 5.39. The van der Waals surface area contributed by atoms with E-state index in [0.717, 1.165) is 5.69 Å². The quantitative estimate of drug-likeness (QED) is 0.645. The van der Waals surface area contributed by atoms with Crippen LogP contribution in [0.2, 0.25) is 0 Å². The zero-order valence-electron chi connectivity index (χ0n) is 12.6. The number of amides is 2. The Morgan fingerprint density at radius 2 is 2.10 bits per heavy atom. The number of rotatable bonds is 4. The van der Waals surface area contributed by atoms with Crippen LogP contribution in [0.4, 0.5) is 11.4 Å². The van der Waals surface area contributed by atoms with Gasteiger partial charge in [-0.3, -0.25) is 14.9 Å². The van der Waals surface area contributed by atoms with Crippen LogP contribution in [0.5, 0.6) is 5.75 Å². The van der Waals surface area contributed by atoms with Gasteiger partial charge in [0, 0.05) is 23.5 Å². The number of nitrogens with zero attached hydrogens (tertiary/aromatic N) is 1. The highest BCUT2D eigenvalue weighted by Gasteiger charge is 2.32. The standard InChI is InChI=1S/C15H21N3O3/c1-4-13-15(20)17-14(19)8-18(13)11-5-10(16)6-12(7-11)21-9(2)3/h5-7,9,13H,4,8,16H2,1-3H3,(H,17,19,20). The van der Waals surface area contributed by atoms with Crippen molar-refractivity contribution >= 4 is 23.2 Å². The van der Waals surface area contributed by atoms with E-state index in [1.54, 1.807) is 17.0 Å². The molecule has 6 nitrogen and oxygen atoms in total. The molecule has 1 saturated heterocycles. The fourth-order valence-electron chi connectivity index (χ4n) is 2.46. The van der Waals surface area contributed by atoms with Gasteiger partial charge in [0.25, 0.3) is 0 Å². The molecule has 3 N–H and O–H groups in total. The SMILES string of the molecule is CCC1C(=O)NC(=O)CN1c1cc(N)cc(OC(C)C)c1. The second-order valence-electron chi connectivity index (χ2n) is 5.39. The van der Waals surface area contributed by atoms with Crippen LogP contribution in [0, 0.1) is 0 Å². The number of benzene rings is 1. The van der Waals surface area contributed by atoms with Crippen molar-refractivity contribution in [1.82, 2.24) is 5.32 Å². The van der Waals surface area contributed by atoms with Gasteiger partial charge in [0.1, 0.15) is 11.8 Å². The highest BCUT2D eigenvalue weighted by Crippen LogP contribution is 2.29. The summed E-state index contributed by atoms with van der Waals surface area (Å²) in [5, 5.41) is 2.36. The molecule has 0 radical (unpaired) electrons. The van der Waals surface area contributed by atoms with Gasteiger partial charge in [0.2, 0.25) is 11.8 Å². The van der Waals surface area contributed by atoms with Crippen molar-refractivity contribution in [3.05, 3.63) is 18.2 Å². The fourth-order valence-corrected chi connectivity index (χ4v) is 2.46. The number of ether oxygens (including phenoxy) is 1. The van der Waals surface area contributed by atoms with Crippen LogP contribution in [-0.4, -0.2) is 30.5 Å². The van der Waals surface area contributed by atoms with Crippen molar-refractivity contribution in [3.63, 3.8) is 0 Å². The lowest BCUT2D eigenvalue weighted by Gasteiger charge is -2.35. The van der Waals surface area contributed by atoms with E-state index >= 15 is 0 Å². The molecule has 114 valence electrons. The first-order chi connectivity index (χ1) is 9.90. The van der Waals surface area contributed by atoms with Crippen molar-refractivity contribution in [2.24, 2.45) is 0 Å². The first kappa shape index (κ1) is 15.2. The molecule has 1 atom stereocenters. The molecule has 6 heteroatoms. The number of nitrogens with one attached hydrogen (secondary N) is 1. The molecule has 1 fully saturated rings. The van der Waals surface area contributed by atoms with Gasteiger partial charge in [-0.15, -0.1) is 0 Å². The Balaban J connectivity index is 2.36. The van der Waals surface area contributed by atoms with Crippen LogP contribution in [0.1, 0.15) is 27.2 Å². The predicted octanol–water partition coefficient (Wildman–Crippen LogP) is 1.30. The maximum absolute atomic E-state index is 11.9. The largest absolute Gasteiger partial charge is 0.491 e. The molecular weight excluding hydrogens is 270 g/mol. The number of imide groups is 1. The Kier molecular flexibility index (Phi) is 4.35. The number of carbonyl (C=O) groups excluding carboxylic acids is 2. The molecule has 0 spiro atoms. The molecular formula is C15H21N3O3. The van der Waals surface area contributed by atoms with Crippen molar-refractivity contribution in [3.8, 4) is 5.75 Å². The van der Waals surface area contributed by atoms with Gasteiger partial charge in [-0.1, -0.05) is 6.92 Å². The van der Waals surface area contributed by atoms with Crippen molar-refractivity contribution < 1.29 is 14.3 Å². The highest BCUT2D eigenvalue weighted by molar-refractivity contribution is 6.04. The van der Waals surface area contributed by atoms with Gasteiger partial charge in [0.05, 0.1) is 12.6 Å². The summed E-state index contributed by atoms with van der Waals surface area (Å²) in [7, 11) is 0. The van der Waals surface area contributed by atoms with E-state index in [1.807, 2.05) is 26.8 Å². The van der Waals surface area contributed by atoms with Gasteiger partial charge < -0.3 is 15.4 Å². The van der Waals surface area contributed by atoms with Gasteiger partial charge >= 0.3 is 0 Å². The van der Waals surface area contributed by atoms with Crippen LogP contribution >= 0.6 is 0 Å². The molecule has 0 aromatic heterocycles. The second kappa shape index (κ2) is 6.03. The van der Waals surface area contributed by atoms with Gasteiger partial charge in [-0.2, -0.15) is 0 Å². The molecule has 1 unspecified atom stereocenters. The molecule has 0 bridgehead atoms. The molecule has 0 saturated carbocycles. The number of piperazine rings is 1. The summed E-state index contributed by atoms with van der Waals surface area (Å²) in [6.45, 7) is 5.89. The molecule has 1 aromatic carbocycles. The van der Waals surface area contributed by atoms with E-state index in [1.165, 1.54) is 0 Å². The first-order valence-electron chi connectivity index (χ1n) is 7.08. The fraction of sp³-hybridized carbons (Fsp3) is 0.467. The monoisotopic (exact) mass is 291 g/mol. The van der Waals surface area contributed by atoms with Crippen LogP contribution in [0.25, 0.3) is 0 Å². The lowest BCUT2D eigenvalue weighted by molar-refractivity contribution is -0.132. The Labute approximate surface area is 124 Å². The molecule has 1 aromatic rings. The van der Waals surface area contributed by atoms with E-state index in [-0.39, 0.29) is 30.5 Å². The zero-order valence-corrected chi connectivity index (χ0v) is 12.6.